The van der Waals surface area contributed by atoms with E-state index >= 15 is 0 Å². The highest BCUT2D eigenvalue weighted by Gasteiger charge is 2.14. The van der Waals surface area contributed by atoms with E-state index in [1.807, 2.05) is 12.1 Å². The number of anilines is 1. The van der Waals surface area contributed by atoms with E-state index in [0.29, 0.717) is 5.46 Å². The number of benzene rings is 1. The van der Waals surface area contributed by atoms with E-state index in [2.05, 4.69) is 12.2 Å². The van der Waals surface area contributed by atoms with Crippen LogP contribution in [-0.2, 0) is 0 Å². The molecule has 70 valence electrons. The molecule has 0 saturated carbocycles. The number of rotatable bonds is 4. The Morgan fingerprint density at radius 1 is 1.31 bits per heavy atom. The van der Waals surface area contributed by atoms with E-state index < -0.39 is 7.12 Å². The van der Waals surface area contributed by atoms with Crippen LogP contribution in [0, 0.1) is 0 Å². The summed E-state index contributed by atoms with van der Waals surface area (Å²) in [5, 5.41) is 21.2. The van der Waals surface area contributed by atoms with Crippen LogP contribution in [0.4, 0.5) is 5.69 Å². The summed E-state index contributed by atoms with van der Waals surface area (Å²) in [7, 11) is -1.40. The Bertz CT molecular complexity index is 266. The van der Waals surface area contributed by atoms with Crippen LogP contribution < -0.4 is 10.8 Å². The summed E-state index contributed by atoms with van der Waals surface area (Å²) >= 11 is 0. The molecular formula is C9H14BNO2. The van der Waals surface area contributed by atoms with Gasteiger partial charge < -0.3 is 15.4 Å². The molecule has 0 aromatic heterocycles. The third-order valence-electron chi connectivity index (χ3n) is 1.80. The molecule has 0 aliphatic heterocycles. The Balaban J connectivity index is 2.78. The maximum absolute atomic E-state index is 9.02. The van der Waals surface area contributed by atoms with Gasteiger partial charge in [0.25, 0.3) is 0 Å². The lowest BCUT2D eigenvalue weighted by Crippen LogP contribution is -2.32. The quantitative estimate of drug-likeness (QED) is 0.578. The maximum atomic E-state index is 9.02. The monoisotopic (exact) mass is 179 g/mol. The predicted octanol–water partition coefficient (Wildman–Crippen LogP) is 0.188. The highest BCUT2D eigenvalue weighted by Crippen LogP contribution is 2.03. The van der Waals surface area contributed by atoms with Crippen molar-refractivity contribution < 1.29 is 10.0 Å². The molecular weight excluding hydrogens is 165 g/mol. The average Bonchev–Trinajstić information content (AvgIpc) is 2.15. The molecule has 0 aliphatic rings. The largest absolute Gasteiger partial charge is 0.490 e. The van der Waals surface area contributed by atoms with Crippen LogP contribution in [0.15, 0.2) is 24.3 Å². The zero-order chi connectivity index (χ0) is 9.68. The van der Waals surface area contributed by atoms with Crippen molar-refractivity contribution in [2.24, 2.45) is 0 Å². The van der Waals surface area contributed by atoms with E-state index in [0.717, 1.165) is 18.7 Å². The standard InChI is InChI=1S/C9H14BNO2/c1-2-7-11-9-6-4-3-5-8(9)10(12)13/h3-6,11-13H,2,7H2,1H3. The molecule has 0 unspecified atom stereocenters. The molecule has 0 atom stereocenters. The zero-order valence-corrected chi connectivity index (χ0v) is 7.70. The van der Waals surface area contributed by atoms with Crippen LogP contribution in [0.3, 0.4) is 0 Å². The summed E-state index contributed by atoms with van der Waals surface area (Å²) < 4.78 is 0. The molecule has 3 nitrogen and oxygen atoms in total. The van der Waals surface area contributed by atoms with Crippen LogP contribution in [0.1, 0.15) is 13.3 Å². The van der Waals surface area contributed by atoms with Crippen LogP contribution in [0.25, 0.3) is 0 Å². The van der Waals surface area contributed by atoms with Crippen LogP contribution in [0.2, 0.25) is 0 Å². The minimum Gasteiger partial charge on any atom is -0.423 e. The van der Waals surface area contributed by atoms with E-state index in [4.69, 9.17) is 10.0 Å². The first kappa shape index (κ1) is 10.1. The molecule has 0 radical (unpaired) electrons. The zero-order valence-electron chi connectivity index (χ0n) is 7.70. The first-order valence-corrected chi connectivity index (χ1v) is 4.44. The molecule has 1 aromatic carbocycles. The first-order chi connectivity index (χ1) is 6.25. The van der Waals surface area contributed by atoms with Gasteiger partial charge in [-0.3, -0.25) is 0 Å². The molecule has 13 heavy (non-hydrogen) atoms. The van der Waals surface area contributed by atoms with Crippen molar-refractivity contribution in [2.75, 3.05) is 11.9 Å². The van der Waals surface area contributed by atoms with Crippen molar-refractivity contribution in [3.05, 3.63) is 24.3 Å². The Labute approximate surface area is 78.6 Å². The molecule has 1 aromatic rings. The van der Waals surface area contributed by atoms with Crippen molar-refractivity contribution in [1.29, 1.82) is 0 Å². The Morgan fingerprint density at radius 2 is 2.00 bits per heavy atom. The molecule has 0 bridgehead atoms. The smallest absolute Gasteiger partial charge is 0.423 e. The number of para-hydroxylation sites is 1. The highest BCUT2D eigenvalue weighted by molar-refractivity contribution is 6.60. The summed E-state index contributed by atoms with van der Waals surface area (Å²) in [5.41, 5.74) is 1.32. The van der Waals surface area contributed by atoms with Gasteiger partial charge in [-0.25, -0.2) is 0 Å². The molecule has 0 amide bonds. The van der Waals surface area contributed by atoms with Gasteiger partial charge in [0.15, 0.2) is 0 Å². The molecule has 0 heterocycles. The minimum absolute atomic E-state index is 0.524. The summed E-state index contributed by atoms with van der Waals surface area (Å²) in [6.07, 6.45) is 1.01. The summed E-state index contributed by atoms with van der Waals surface area (Å²) in [6, 6.07) is 7.18. The average molecular weight is 179 g/mol. The van der Waals surface area contributed by atoms with Crippen LogP contribution >= 0.6 is 0 Å². The van der Waals surface area contributed by atoms with Crippen LogP contribution in [0.5, 0.6) is 0 Å². The molecule has 0 saturated heterocycles. The molecule has 0 spiro atoms. The molecule has 3 N–H and O–H groups in total. The Hall–Kier alpha value is -0.995. The number of hydrogen-bond donors (Lipinski definition) is 3. The SMILES string of the molecule is CCCNc1ccccc1B(O)O. The lowest BCUT2D eigenvalue weighted by molar-refractivity contribution is 0.426. The topological polar surface area (TPSA) is 52.5 Å². The van der Waals surface area contributed by atoms with Gasteiger partial charge in [0.1, 0.15) is 0 Å². The van der Waals surface area contributed by atoms with Gasteiger partial charge in [-0.15, -0.1) is 0 Å². The highest BCUT2D eigenvalue weighted by atomic mass is 16.4. The van der Waals surface area contributed by atoms with Crippen molar-refractivity contribution in [1.82, 2.24) is 0 Å². The van der Waals surface area contributed by atoms with Gasteiger partial charge >= 0.3 is 7.12 Å². The maximum Gasteiger partial charge on any atom is 0.490 e. The second kappa shape index (κ2) is 4.89. The Kier molecular flexibility index (Phi) is 3.80. The van der Waals surface area contributed by atoms with E-state index in [1.54, 1.807) is 12.1 Å². The fourth-order valence-corrected chi connectivity index (χ4v) is 1.14. The third kappa shape index (κ3) is 2.75. The second-order valence-electron chi connectivity index (χ2n) is 2.89. The fraction of sp³-hybridized carbons (Fsp3) is 0.333. The van der Waals surface area contributed by atoms with Gasteiger partial charge in [-0.1, -0.05) is 25.1 Å². The molecule has 0 aliphatic carbocycles. The van der Waals surface area contributed by atoms with Gasteiger partial charge in [-0.05, 0) is 12.5 Å². The van der Waals surface area contributed by atoms with E-state index in [-0.39, 0.29) is 0 Å². The van der Waals surface area contributed by atoms with Crippen molar-refractivity contribution >= 4 is 18.3 Å². The lowest BCUT2D eigenvalue weighted by Gasteiger charge is -2.09. The van der Waals surface area contributed by atoms with Gasteiger partial charge in [0.2, 0.25) is 0 Å². The van der Waals surface area contributed by atoms with Crippen molar-refractivity contribution in [3.63, 3.8) is 0 Å². The summed E-state index contributed by atoms with van der Waals surface area (Å²) in [5.74, 6) is 0. The van der Waals surface area contributed by atoms with E-state index in [1.165, 1.54) is 0 Å². The van der Waals surface area contributed by atoms with Crippen LogP contribution in [-0.4, -0.2) is 23.7 Å². The van der Waals surface area contributed by atoms with Gasteiger partial charge in [-0.2, -0.15) is 0 Å². The van der Waals surface area contributed by atoms with Crippen molar-refractivity contribution in [3.8, 4) is 0 Å². The molecule has 1 rings (SSSR count). The van der Waals surface area contributed by atoms with Gasteiger partial charge in [0.05, 0.1) is 0 Å². The predicted molar refractivity (Wildman–Crippen MR) is 55.0 cm³/mol. The first-order valence-electron chi connectivity index (χ1n) is 4.44. The van der Waals surface area contributed by atoms with Crippen molar-refractivity contribution in [2.45, 2.75) is 13.3 Å². The summed E-state index contributed by atoms with van der Waals surface area (Å²) in [6.45, 7) is 2.90. The third-order valence-corrected chi connectivity index (χ3v) is 1.80. The van der Waals surface area contributed by atoms with E-state index in [9.17, 15) is 0 Å². The van der Waals surface area contributed by atoms with Gasteiger partial charge in [0, 0.05) is 17.7 Å². The fourth-order valence-electron chi connectivity index (χ4n) is 1.14. The lowest BCUT2D eigenvalue weighted by atomic mass is 9.79. The normalized spacial score (nSPS) is 9.77. The summed E-state index contributed by atoms with van der Waals surface area (Å²) in [4.78, 5) is 0. The molecule has 0 fully saturated rings. The Morgan fingerprint density at radius 3 is 2.62 bits per heavy atom. The second-order valence-corrected chi connectivity index (χ2v) is 2.89. The minimum atomic E-state index is -1.40. The number of hydrogen-bond acceptors (Lipinski definition) is 3. The molecule has 4 heteroatoms. The number of nitrogens with one attached hydrogen (secondary N) is 1.